The number of aromatic nitrogens is 1. The molecule has 5 rings (SSSR count). The van der Waals surface area contributed by atoms with Crippen LogP contribution in [-0.4, -0.2) is 22.6 Å². The lowest BCUT2D eigenvalue weighted by Crippen LogP contribution is -2.13. The van der Waals surface area contributed by atoms with E-state index in [0.29, 0.717) is 5.02 Å². The van der Waals surface area contributed by atoms with Crippen LogP contribution < -0.4 is 0 Å². The molecule has 3 aromatic rings. The van der Waals surface area contributed by atoms with Crippen molar-refractivity contribution in [1.82, 2.24) is 5.16 Å². The molecule has 0 amide bonds. The zero-order valence-corrected chi connectivity index (χ0v) is 15.0. The molecule has 0 saturated heterocycles. The molecule has 4 nitrogen and oxygen atoms in total. The molecule has 130 valence electrons. The Morgan fingerprint density at radius 3 is 2.58 bits per heavy atom. The largest absolute Gasteiger partial charge is 0.396 e. The maximum atomic E-state index is 9.81. The quantitative estimate of drug-likeness (QED) is 0.734. The lowest BCUT2D eigenvalue weighted by atomic mass is 9.92. The molecule has 1 saturated carbocycles. The van der Waals surface area contributed by atoms with Gasteiger partial charge in [-0.15, -0.1) is 0 Å². The van der Waals surface area contributed by atoms with Gasteiger partial charge < -0.3 is 9.63 Å². The molecular weight excluding hydrogens is 348 g/mol. The van der Waals surface area contributed by atoms with Gasteiger partial charge in [0.25, 0.3) is 0 Å². The van der Waals surface area contributed by atoms with E-state index >= 15 is 0 Å². The van der Waals surface area contributed by atoms with E-state index in [1.165, 1.54) is 0 Å². The summed E-state index contributed by atoms with van der Waals surface area (Å²) in [5, 5.41) is 14.9. The molecule has 5 heteroatoms. The lowest BCUT2D eigenvalue weighted by Gasteiger charge is -2.12. The van der Waals surface area contributed by atoms with Gasteiger partial charge in [0, 0.05) is 28.7 Å². The van der Waals surface area contributed by atoms with Gasteiger partial charge in [-0.05, 0) is 31.0 Å². The first kappa shape index (κ1) is 15.8. The molecule has 0 bridgehead atoms. The maximum absolute atomic E-state index is 9.81. The van der Waals surface area contributed by atoms with E-state index in [2.05, 4.69) is 17.3 Å². The molecule has 2 atom stereocenters. The first-order valence-corrected chi connectivity index (χ1v) is 9.05. The number of aliphatic hydroxyl groups excluding tert-OH is 1. The Morgan fingerprint density at radius 1 is 1.15 bits per heavy atom. The highest BCUT2D eigenvalue weighted by Gasteiger charge is 2.60. The summed E-state index contributed by atoms with van der Waals surface area (Å²) in [5.74, 6) is 0.838. The summed E-state index contributed by atoms with van der Waals surface area (Å²) in [6.45, 7) is 2.01. The molecule has 2 heterocycles. The van der Waals surface area contributed by atoms with Gasteiger partial charge >= 0.3 is 0 Å². The van der Waals surface area contributed by atoms with Crippen LogP contribution in [0.2, 0.25) is 5.02 Å². The van der Waals surface area contributed by atoms with Crippen molar-refractivity contribution in [1.29, 1.82) is 0 Å². The molecule has 1 aliphatic carbocycles. The van der Waals surface area contributed by atoms with E-state index in [1.54, 1.807) is 0 Å². The summed E-state index contributed by atoms with van der Waals surface area (Å²) in [4.78, 5) is 5.16. The smallest absolute Gasteiger partial charge is 0.141 e. The molecule has 2 aromatic carbocycles. The Kier molecular flexibility index (Phi) is 3.36. The Bertz CT molecular complexity index is 1040. The van der Waals surface area contributed by atoms with Gasteiger partial charge in [0.15, 0.2) is 0 Å². The first-order chi connectivity index (χ1) is 12.6. The minimum absolute atomic E-state index is 0.0577. The third-order valence-electron chi connectivity index (χ3n) is 5.45. The number of halogens is 1. The number of aliphatic imine (C=N–C) groups is 1. The molecule has 26 heavy (non-hydrogen) atoms. The van der Waals surface area contributed by atoms with Crippen molar-refractivity contribution >= 4 is 17.3 Å². The van der Waals surface area contributed by atoms with Crippen molar-refractivity contribution < 1.29 is 9.63 Å². The number of hydrogen-bond donors (Lipinski definition) is 1. The van der Waals surface area contributed by atoms with Crippen LogP contribution in [0, 0.1) is 12.8 Å². The highest BCUT2D eigenvalue weighted by Crippen LogP contribution is 2.59. The minimum atomic E-state index is -0.518. The number of nitrogens with zero attached hydrogens (tertiary/aromatic N) is 2. The summed E-state index contributed by atoms with van der Waals surface area (Å²) in [7, 11) is 0. The molecule has 2 aliphatic rings. The topological polar surface area (TPSA) is 58.6 Å². The third-order valence-corrected chi connectivity index (χ3v) is 5.70. The molecule has 1 aliphatic heterocycles. The third kappa shape index (κ3) is 2.12. The van der Waals surface area contributed by atoms with Gasteiger partial charge in [0.2, 0.25) is 0 Å². The number of fused-ring (bicyclic) bond motifs is 4. The Labute approximate surface area is 156 Å². The second kappa shape index (κ2) is 5.53. The Balaban J connectivity index is 1.83. The molecule has 1 fully saturated rings. The normalized spacial score (nSPS) is 23.2. The fourth-order valence-electron chi connectivity index (χ4n) is 3.99. The van der Waals surface area contributed by atoms with Crippen LogP contribution in [0.15, 0.2) is 58.0 Å². The Morgan fingerprint density at radius 2 is 1.88 bits per heavy atom. The van der Waals surface area contributed by atoms with E-state index < -0.39 is 5.54 Å². The van der Waals surface area contributed by atoms with Crippen LogP contribution in [0.25, 0.3) is 11.1 Å². The van der Waals surface area contributed by atoms with Crippen LogP contribution in [-0.2, 0) is 5.54 Å². The molecule has 1 aromatic heterocycles. The molecule has 1 spiro atoms. The highest BCUT2D eigenvalue weighted by molar-refractivity contribution is 6.30. The van der Waals surface area contributed by atoms with Crippen LogP contribution in [0.1, 0.15) is 29.0 Å². The van der Waals surface area contributed by atoms with Gasteiger partial charge in [-0.25, -0.2) is 0 Å². The molecule has 2 unspecified atom stereocenters. The van der Waals surface area contributed by atoms with Crippen molar-refractivity contribution in [2.75, 3.05) is 6.61 Å². The second-order valence-electron chi connectivity index (χ2n) is 6.98. The van der Waals surface area contributed by atoms with Crippen molar-refractivity contribution in [3.63, 3.8) is 0 Å². The summed E-state index contributed by atoms with van der Waals surface area (Å²) in [6.07, 6.45) is 0.771. The SMILES string of the molecule is Cc1onc2c1-c1ccccc1C(c1ccc(Cl)cc1)=NC21CC1CO. The van der Waals surface area contributed by atoms with Crippen molar-refractivity contribution in [3.05, 3.63) is 76.1 Å². The lowest BCUT2D eigenvalue weighted by molar-refractivity contribution is 0.262. The van der Waals surface area contributed by atoms with E-state index in [0.717, 1.165) is 45.8 Å². The maximum Gasteiger partial charge on any atom is 0.141 e. The number of aliphatic hydroxyl groups is 1. The van der Waals surface area contributed by atoms with Crippen molar-refractivity contribution in [3.8, 4) is 11.1 Å². The Hall–Kier alpha value is -2.43. The molecule has 1 N–H and O–H groups in total. The molecule has 0 radical (unpaired) electrons. The zero-order chi connectivity index (χ0) is 17.9. The van der Waals surface area contributed by atoms with Crippen LogP contribution in [0.5, 0.6) is 0 Å². The van der Waals surface area contributed by atoms with Gasteiger partial charge in [-0.1, -0.05) is 53.2 Å². The average molecular weight is 365 g/mol. The van der Waals surface area contributed by atoms with E-state index in [9.17, 15) is 5.11 Å². The standard InChI is InChI=1S/C21H17ClN2O2/c1-12-18-16-4-2-3-5-17(16)19(13-6-8-15(22)9-7-13)23-21(10-14(21)11-25)20(18)24-26-12/h2-9,14,25H,10-11H2,1H3. The first-order valence-electron chi connectivity index (χ1n) is 8.67. The van der Waals surface area contributed by atoms with Gasteiger partial charge in [-0.2, -0.15) is 0 Å². The predicted molar refractivity (Wildman–Crippen MR) is 101 cm³/mol. The fraction of sp³-hybridized carbons (Fsp3) is 0.238. The number of aryl methyl sites for hydroxylation is 1. The summed E-state index contributed by atoms with van der Waals surface area (Å²) < 4.78 is 5.54. The molecular formula is C21H17ClN2O2. The summed E-state index contributed by atoms with van der Waals surface area (Å²) >= 11 is 6.08. The van der Waals surface area contributed by atoms with Gasteiger partial charge in [0.05, 0.1) is 11.3 Å². The summed E-state index contributed by atoms with van der Waals surface area (Å²) in [6, 6.07) is 15.9. The van der Waals surface area contributed by atoms with E-state index in [1.807, 2.05) is 43.3 Å². The zero-order valence-electron chi connectivity index (χ0n) is 14.2. The predicted octanol–water partition coefficient (Wildman–Crippen LogP) is 4.36. The van der Waals surface area contributed by atoms with E-state index in [-0.39, 0.29) is 12.5 Å². The minimum Gasteiger partial charge on any atom is -0.396 e. The van der Waals surface area contributed by atoms with Crippen molar-refractivity contribution in [2.45, 2.75) is 18.9 Å². The summed E-state index contributed by atoms with van der Waals surface area (Å²) in [5.41, 5.74) is 5.35. The van der Waals surface area contributed by atoms with Gasteiger partial charge in [0.1, 0.15) is 17.0 Å². The number of benzene rings is 2. The monoisotopic (exact) mass is 364 g/mol. The van der Waals surface area contributed by atoms with Crippen LogP contribution >= 0.6 is 11.6 Å². The van der Waals surface area contributed by atoms with Crippen LogP contribution in [0.4, 0.5) is 0 Å². The average Bonchev–Trinajstić information content (AvgIpc) is 3.27. The van der Waals surface area contributed by atoms with Crippen molar-refractivity contribution in [2.24, 2.45) is 10.9 Å². The highest BCUT2D eigenvalue weighted by atomic mass is 35.5. The number of hydrogen-bond acceptors (Lipinski definition) is 4. The fourth-order valence-corrected chi connectivity index (χ4v) is 4.12. The van der Waals surface area contributed by atoms with Crippen LogP contribution in [0.3, 0.4) is 0 Å². The number of rotatable bonds is 2. The van der Waals surface area contributed by atoms with E-state index in [4.69, 9.17) is 21.1 Å². The second-order valence-corrected chi connectivity index (χ2v) is 7.42. The van der Waals surface area contributed by atoms with Gasteiger partial charge in [-0.3, -0.25) is 4.99 Å².